The van der Waals surface area contributed by atoms with Gasteiger partial charge in [0.25, 0.3) is 0 Å². The molecule has 0 aliphatic heterocycles. The van der Waals surface area contributed by atoms with Gasteiger partial charge >= 0.3 is 0 Å². The highest BCUT2D eigenvalue weighted by Gasteiger charge is 2.08. The molecule has 0 aromatic heterocycles. The highest BCUT2D eigenvalue weighted by molar-refractivity contribution is 9.10. The number of benzene rings is 6. The highest BCUT2D eigenvalue weighted by atomic mass is 79.9. The van der Waals surface area contributed by atoms with E-state index in [4.69, 9.17) is 0 Å². The second kappa shape index (κ2) is 21.5. The Morgan fingerprint density at radius 2 is 0.660 bits per heavy atom. The van der Waals surface area contributed by atoms with Crippen molar-refractivity contribution in [2.75, 3.05) is 0 Å². The van der Waals surface area contributed by atoms with Gasteiger partial charge in [0.15, 0.2) is 0 Å². The van der Waals surface area contributed by atoms with Crippen molar-refractivity contribution < 1.29 is 0 Å². The summed E-state index contributed by atoms with van der Waals surface area (Å²) in [5.74, 6) is 0. The molecule has 0 heterocycles. The summed E-state index contributed by atoms with van der Waals surface area (Å²) in [6.45, 7) is 4.69. The first-order valence-electron chi connectivity index (χ1n) is 15.7. The summed E-state index contributed by atoms with van der Waals surface area (Å²) in [7, 11) is 0. The minimum absolute atomic E-state index is 0.926. The SMILES string of the molecule is BrCc1ccc(Br)cc1.Brc1ccc(CN(Cc2ccccc2)Cc2ccccc2)cc1.c1ccc(CNCc2ccccc2)cc1. The van der Waals surface area contributed by atoms with Gasteiger partial charge in [-0.3, -0.25) is 4.90 Å². The van der Waals surface area contributed by atoms with Crippen LogP contribution < -0.4 is 5.32 Å². The zero-order valence-electron chi connectivity index (χ0n) is 26.5. The van der Waals surface area contributed by atoms with Gasteiger partial charge in [0.2, 0.25) is 0 Å². The molecule has 0 unspecified atom stereocenters. The first-order valence-corrected chi connectivity index (χ1v) is 18.4. The molecular formula is C42H41Br3N2. The summed E-state index contributed by atoms with van der Waals surface area (Å²) in [5.41, 5.74) is 7.99. The number of alkyl halides is 1. The average Bonchev–Trinajstić information content (AvgIpc) is 3.12. The molecule has 0 amide bonds. The van der Waals surface area contributed by atoms with E-state index in [1.54, 1.807) is 0 Å². The van der Waals surface area contributed by atoms with E-state index in [1.807, 2.05) is 24.3 Å². The molecule has 6 aromatic rings. The quantitative estimate of drug-likeness (QED) is 0.131. The molecule has 0 radical (unpaired) electrons. The molecule has 0 bridgehead atoms. The van der Waals surface area contributed by atoms with Gasteiger partial charge in [-0.2, -0.15) is 0 Å². The van der Waals surface area contributed by atoms with Gasteiger partial charge in [-0.15, -0.1) is 0 Å². The van der Waals surface area contributed by atoms with Crippen LogP contribution in [-0.4, -0.2) is 4.90 Å². The van der Waals surface area contributed by atoms with Crippen molar-refractivity contribution in [2.45, 2.75) is 38.1 Å². The lowest BCUT2D eigenvalue weighted by atomic mass is 10.1. The number of hydrogen-bond acceptors (Lipinski definition) is 2. The molecule has 0 aliphatic rings. The number of nitrogens with zero attached hydrogens (tertiary/aromatic N) is 1. The first kappa shape index (κ1) is 36.5. The Bertz CT molecular complexity index is 1570. The van der Waals surface area contributed by atoms with Crippen LogP contribution in [0.2, 0.25) is 0 Å². The topological polar surface area (TPSA) is 15.3 Å². The van der Waals surface area contributed by atoms with Crippen molar-refractivity contribution in [2.24, 2.45) is 0 Å². The Morgan fingerprint density at radius 3 is 1.00 bits per heavy atom. The zero-order chi connectivity index (χ0) is 32.9. The largest absolute Gasteiger partial charge is 0.309 e. The van der Waals surface area contributed by atoms with Gasteiger partial charge in [0.1, 0.15) is 0 Å². The molecular weight excluding hydrogens is 772 g/mol. The van der Waals surface area contributed by atoms with Gasteiger partial charge in [0, 0.05) is 47.0 Å². The Labute approximate surface area is 306 Å². The van der Waals surface area contributed by atoms with Crippen LogP contribution in [0.3, 0.4) is 0 Å². The minimum Gasteiger partial charge on any atom is -0.309 e. The van der Waals surface area contributed by atoms with E-state index in [9.17, 15) is 0 Å². The summed E-state index contributed by atoms with van der Waals surface area (Å²) in [6.07, 6.45) is 0. The number of nitrogens with one attached hydrogen (secondary N) is 1. The lowest BCUT2D eigenvalue weighted by molar-refractivity contribution is 0.247. The number of halogens is 3. The predicted molar refractivity (Wildman–Crippen MR) is 210 cm³/mol. The first-order chi connectivity index (χ1) is 23.1. The maximum atomic E-state index is 3.51. The van der Waals surface area contributed by atoms with Crippen LogP contribution in [0, 0.1) is 0 Å². The lowest BCUT2D eigenvalue weighted by Crippen LogP contribution is -2.22. The molecule has 0 fully saturated rings. The van der Waals surface area contributed by atoms with Crippen molar-refractivity contribution >= 4 is 47.8 Å². The summed E-state index contributed by atoms with van der Waals surface area (Å²) in [4.78, 5) is 2.48. The summed E-state index contributed by atoms with van der Waals surface area (Å²) < 4.78 is 2.26. The maximum Gasteiger partial charge on any atom is 0.0283 e. The van der Waals surface area contributed by atoms with Crippen molar-refractivity contribution in [3.63, 3.8) is 0 Å². The Hall–Kier alpha value is -3.32. The molecule has 240 valence electrons. The fraction of sp³-hybridized carbons (Fsp3) is 0.143. The van der Waals surface area contributed by atoms with E-state index in [-0.39, 0.29) is 0 Å². The third-order valence-corrected chi connectivity index (χ3v) is 8.93. The van der Waals surface area contributed by atoms with Crippen molar-refractivity contribution in [3.8, 4) is 0 Å². The summed E-state index contributed by atoms with van der Waals surface area (Å²) >= 11 is 10.2. The molecule has 6 rings (SSSR count). The Morgan fingerprint density at radius 1 is 0.362 bits per heavy atom. The van der Waals surface area contributed by atoms with Gasteiger partial charge in [-0.1, -0.05) is 193 Å². The van der Waals surface area contributed by atoms with Crippen LogP contribution in [-0.2, 0) is 38.1 Å². The molecule has 6 aromatic carbocycles. The summed E-state index contributed by atoms with van der Waals surface area (Å²) in [6, 6.07) is 59.1. The van der Waals surface area contributed by atoms with Crippen molar-refractivity contribution in [1.82, 2.24) is 10.2 Å². The highest BCUT2D eigenvalue weighted by Crippen LogP contribution is 2.17. The van der Waals surface area contributed by atoms with Crippen LogP contribution in [0.25, 0.3) is 0 Å². The van der Waals surface area contributed by atoms with Gasteiger partial charge in [-0.05, 0) is 57.6 Å². The van der Waals surface area contributed by atoms with Crippen molar-refractivity contribution in [1.29, 1.82) is 0 Å². The van der Waals surface area contributed by atoms with E-state index >= 15 is 0 Å². The fourth-order valence-electron chi connectivity index (χ4n) is 4.82. The van der Waals surface area contributed by atoms with E-state index < -0.39 is 0 Å². The second-order valence-corrected chi connectivity index (χ2v) is 13.5. The maximum absolute atomic E-state index is 3.51. The van der Waals surface area contributed by atoms with Crippen LogP contribution in [0.1, 0.15) is 33.4 Å². The van der Waals surface area contributed by atoms with Crippen LogP contribution in [0.15, 0.2) is 179 Å². The standard InChI is InChI=1S/C21H20BrN.C14H15N.C7H6Br2/c22-21-13-11-20(12-14-21)17-23(15-18-7-3-1-4-8-18)16-19-9-5-2-6-10-19;1-3-7-13(8-4-1)11-15-12-14-9-5-2-6-10-14;8-5-6-1-3-7(9)4-2-6/h1-14H,15-17H2;1-10,15H,11-12H2;1-4H,5H2. The molecule has 0 aliphatic carbocycles. The predicted octanol–water partition coefficient (Wildman–Crippen LogP) is 12.0. The van der Waals surface area contributed by atoms with E-state index in [2.05, 4.69) is 204 Å². The Balaban J connectivity index is 0.000000178. The number of rotatable bonds is 11. The molecule has 0 saturated heterocycles. The number of hydrogen-bond donors (Lipinski definition) is 1. The lowest BCUT2D eigenvalue weighted by Gasteiger charge is -2.23. The monoisotopic (exact) mass is 810 g/mol. The fourth-order valence-corrected chi connectivity index (χ4v) is 5.72. The molecule has 0 atom stereocenters. The van der Waals surface area contributed by atoms with Crippen LogP contribution >= 0.6 is 47.8 Å². The molecule has 0 saturated carbocycles. The van der Waals surface area contributed by atoms with E-state index in [0.29, 0.717) is 0 Å². The van der Waals surface area contributed by atoms with E-state index in [1.165, 1.54) is 33.4 Å². The average molecular weight is 814 g/mol. The molecule has 47 heavy (non-hydrogen) atoms. The summed E-state index contributed by atoms with van der Waals surface area (Å²) in [5, 5.41) is 4.35. The molecule has 1 N–H and O–H groups in total. The molecule has 0 spiro atoms. The van der Waals surface area contributed by atoms with Crippen molar-refractivity contribution in [3.05, 3.63) is 212 Å². The second-order valence-electron chi connectivity index (χ2n) is 11.1. The zero-order valence-corrected chi connectivity index (χ0v) is 31.2. The van der Waals surface area contributed by atoms with E-state index in [0.717, 1.165) is 47.0 Å². The molecule has 5 heteroatoms. The smallest absolute Gasteiger partial charge is 0.0283 e. The van der Waals surface area contributed by atoms with Gasteiger partial charge in [-0.25, -0.2) is 0 Å². The Kier molecular flexibility index (Phi) is 16.7. The third kappa shape index (κ3) is 15.0. The minimum atomic E-state index is 0.926. The molecule has 2 nitrogen and oxygen atoms in total. The van der Waals surface area contributed by atoms with Crippen LogP contribution in [0.4, 0.5) is 0 Å². The van der Waals surface area contributed by atoms with Gasteiger partial charge < -0.3 is 5.32 Å². The normalized spacial score (nSPS) is 10.4. The van der Waals surface area contributed by atoms with Crippen LogP contribution in [0.5, 0.6) is 0 Å². The van der Waals surface area contributed by atoms with Gasteiger partial charge in [0.05, 0.1) is 0 Å². The third-order valence-electron chi connectivity index (χ3n) is 7.23.